The van der Waals surface area contributed by atoms with Crippen molar-refractivity contribution in [1.82, 2.24) is 0 Å². The molecular formula is C9H9NO6S. The summed E-state index contributed by atoms with van der Waals surface area (Å²) in [5, 5.41) is 17.7. The predicted octanol–water partition coefficient (Wildman–Crippen LogP) is 0.454. The molecule has 7 nitrogen and oxygen atoms in total. The molecule has 1 aromatic carbocycles. The fourth-order valence-corrected chi connectivity index (χ4v) is 1.82. The van der Waals surface area contributed by atoms with Crippen molar-refractivity contribution < 1.29 is 28.2 Å². The van der Waals surface area contributed by atoms with Crippen molar-refractivity contribution >= 4 is 27.6 Å². The van der Waals surface area contributed by atoms with Crippen LogP contribution in [0.2, 0.25) is 0 Å². The number of aromatic carboxylic acids is 2. The van der Waals surface area contributed by atoms with Crippen LogP contribution in [0.25, 0.3) is 0 Å². The van der Waals surface area contributed by atoms with E-state index in [1.807, 2.05) is 4.72 Å². The maximum Gasteiger partial charge on any atom is 0.338 e. The van der Waals surface area contributed by atoms with Gasteiger partial charge in [0.15, 0.2) is 0 Å². The molecular weight excluding hydrogens is 250 g/mol. The quantitative estimate of drug-likeness (QED) is 0.722. The van der Waals surface area contributed by atoms with Gasteiger partial charge in [-0.1, -0.05) is 6.07 Å². The summed E-state index contributed by atoms with van der Waals surface area (Å²) in [5.74, 6) is -2.96. The molecule has 0 aliphatic rings. The Morgan fingerprint density at radius 2 is 1.76 bits per heavy atom. The largest absolute Gasteiger partial charge is 0.478 e. The van der Waals surface area contributed by atoms with E-state index in [9.17, 15) is 18.0 Å². The lowest BCUT2D eigenvalue weighted by Crippen LogP contribution is -2.16. The van der Waals surface area contributed by atoms with Crippen molar-refractivity contribution in [2.24, 2.45) is 0 Å². The average Bonchev–Trinajstić information content (AvgIpc) is 2.14. The molecule has 0 saturated heterocycles. The van der Waals surface area contributed by atoms with Crippen LogP contribution in [0.1, 0.15) is 20.7 Å². The molecule has 92 valence electrons. The zero-order valence-corrected chi connectivity index (χ0v) is 9.48. The van der Waals surface area contributed by atoms with Crippen LogP contribution in [0.3, 0.4) is 0 Å². The summed E-state index contributed by atoms with van der Waals surface area (Å²) in [7, 11) is -3.68. The first-order chi connectivity index (χ1) is 7.72. The average molecular weight is 259 g/mol. The third-order valence-electron chi connectivity index (χ3n) is 1.80. The van der Waals surface area contributed by atoms with Crippen molar-refractivity contribution in [3.8, 4) is 0 Å². The highest BCUT2D eigenvalue weighted by Gasteiger charge is 2.21. The highest BCUT2D eigenvalue weighted by Crippen LogP contribution is 2.21. The number of carboxylic acids is 2. The molecule has 0 atom stereocenters. The molecule has 1 aromatic rings. The molecule has 0 aromatic heterocycles. The molecule has 0 saturated carbocycles. The standard InChI is InChI=1S/C9H9NO6S/c1-17(15,16)10-6-4-2-3-5(8(11)12)7(6)9(13)14/h2-4,10H,1H3,(H,11,12)(H,13,14). The van der Waals surface area contributed by atoms with Crippen LogP contribution in [-0.4, -0.2) is 36.8 Å². The molecule has 1 rings (SSSR count). The first-order valence-electron chi connectivity index (χ1n) is 4.30. The van der Waals surface area contributed by atoms with Crippen molar-refractivity contribution in [3.05, 3.63) is 29.3 Å². The lowest BCUT2D eigenvalue weighted by molar-refractivity contribution is 0.0652. The number of hydrogen-bond donors (Lipinski definition) is 3. The second-order valence-electron chi connectivity index (χ2n) is 3.21. The molecule has 0 unspecified atom stereocenters. The van der Waals surface area contributed by atoms with Gasteiger partial charge in [0.05, 0.1) is 23.1 Å². The molecule has 0 radical (unpaired) electrons. The maximum absolute atomic E-state index is 11.0. The molecule has 0 aliphatic heterocycles. The fourth-order valence-electron chi connectivity index (χ4n) is 1.25. The Hall–Kier alpha value is -2.09. The van der Waals surface area contributed by atoms with E-state index in [1.54, 1.807) is 0 Å². The second kappa shape index (κ2) is 4.42. The van der Waals surface area contributed by atoms with E-state index in [0.717, 1.165) is 12.3 Å². The minimum atomic E-state index is -3.68. The number of sulfonamides is 1. The maximum atomic E-state index is 11.0. The van der Waals surface area contributed by atoms with Crippen LogP contribution in [-0.2, 0) is 10.0 Å². The number of carbonyl (C=O) groups is 2. The summed E-state index contributed by atoms with van der Waals surface area (Å²) < 4.78 is 24.0. The van der Waals surface area contributed by atoms with Crippen molar-refractivity contribution in [2.75, 3.05) is 11.0 Å². The lowest BCUT2D eigenvalue weighted by Gasteiger charge is -2.09. The SMILES string of the molecule is CS(=O)(=O)Nc1cccc(C(=O)O)c1C(=O)O. The zero-order valence-electron chi connectivity index (χ0n) is 8.67. The van der Waals surface area contributed by atoms with Crippen molar-refractivity contribution in [1.29, 1.82) is 0 Å². The molecule has 0 fully saturated rings. The van der Waals surface area contributed by atoms with Gasteiger partial charge in [-0.2, -0.15) is 0 Å². The van der Waals surface area contributed by atoms with Crippen LogP contribution in [0.5, 0.6) is 0 Å². The van der Waals surface area contributed by atoms with Gasteiger partial charge < -0.3 is 10.2 Å². The first kappa shape index (κ1) is 13.0. The Labute approximate surface area is 96.7 Å². The van der Waals surface area contributed by atoms with Crippen LogP contribution < -0.4 is 4.72 Å². The number of anilines is 1. The van der Waals surface area contributed by atoms with Gasteiger partial charge in [-0.15, -0.1) is 0 Å². The van der Waals surface area contributed by atoms with E-state index in [0.29, 0.717) is 0 Å². The molecule has 0 bridgehead atoms. The zero-order chi connectivity index (χ0) is 13.2. The van der Waals surface area contributed by atoms with Gasteiger partial charge in [-0.25, -0.2) is 18.0 Å². The Morgan fingerprint density at radius 3 is 2.18 bits per heavy atom. The molecule has 3 N–H and O–H groups in total. The smallest absolute Gasteiger partial charge is 0.338 e. The van der Waals surface area contributed by atoms with E-state index in [2.05, 4.69) is 0 Å². The summed E-state index contributed by atoms with van der Waals surface area (Å²) in [6, 6.07) is 3.51. The van der Waals surface area contributed by atoms with E-state index in [-0.39, 0.29) is 5.69 Å². The van der Waals surface area contributed by atoms with Gasteiger partial charge in [0.2, 0.25) is 10.0 Å². The second-order valence-corrected chi connectivity index (χ2v) is 4.96. The third kappa shape index (κ3) is 3.18. The Balaban J connectivity index is 3.46. The highest BCUT2D eigenvalue weighted by molar-refractivity contribution is 7.92. The Kier molecular flexibility index (Phi) is 3.37. The minimum Gasteiger partial charge on any atom is -0.478 e. The Morgan fingerprint density at radius 1 is 1.18 bits per heavy atom. The van der Waals surface area contributed by atoms with Crippen LogP contribution >= 0.6 is 0 Å². The molecule has 0 aliphatic carbocycles. The number of rotatable bonds is 4. The molecule has 0 spiro atoms. The normalized spacial score (nSPS) is 10.9. The van der Waals surface area contributed by atoms with Gasteiger partial charge in [-0.05, 0) is 12.1 Å². The molecule has 0 heterocycles. The van der Waals surface area contributed by atoms with Gasteiger partial charge in [0.25, 0.3) is 0 Å². The number of hydrogen-bond acceptors (Lipinski definition) is 4. The Bertz CT molecular complexity index is 577. The molecule has 0 amide bonds. The monoisotopic (exact) mass is 259 g/mol. The summed E-state index contributed by atoms with van der Waals surface area (Å²) in [4.78, 5) is 21.7. The van der Waals surface area contributed by atoms with E-state index >= 15 is 0 Å². The predicted molar refractivity (Wildman–Crippen MR) is 58.8 cm³/mol. The van der Waals surface area contributed by atoms with E-state index in [1.165, 1.54) is 12.1 Å². The number of carboxylic acid groups (broad SMARTS) is 2. The molecule has 17 heavy (non-hydrogen) atoms. The topological polar surface area (TPSA) is 121 Å². The van der Waals surface area contributed by atoms with E-state index in [4.69, 9.17) is 10.2 Å². The van der Waals surface area contributed by atoms with Crippen LogP contribution in [0.15, 0.2) is 18.2 Å². The van der Waals surface area contributed by atoms with E-state index < -0.39 is 33.1 Å². The summed E-state index contributed by atoms with van der Waals surface area (Å²) in [6.45, 7) is 0. The first-order valence-corrected chi connectivity index (χ1v) is 6.19. The van der Waals surface area contributed by atoms with Crippen LogP contribution in [0, 0.1) is 0 Å². The minimum absolute atomic E-state index is 0.278. The molecule has 8 heteroatoms. The van der Waals surface area contributed by atoms with Gasteiger partial charge in [-0.3, -0.25) is 4.72 Å². The fraction of sp³-hybridized carbons (Fsp3) is 0.111. The van der Waals surface area contributed by atoms with Gasteiger partial charge >= 0.3 is 11.9 Å². The van der Waals surface area contributed by atoms with Crippen LogP contribution in [0.4, 0.5) is 5.69 Å². The third-order valence-corrected chi connectivity index (χ3v) is 2.39. The summed E-state index contributed by atoms with van der Waals surface area (Å²) in [6.07, 6.45) is 0.839. The van der Waals surface area contributed by atoms with Gasteiger partial charge in [0, 0.05) is 0 Å². The lowest BCUT2D eigenvalue weighted by atomic mass is 10.1. The summed E-state index contributed by atoms with van der Waals surface area (Å²) >= 11 is 0. The van der Waals surface area contributed by atoms with Gasteiger partial charge in [0.1, 0.15) is 0 Å². The van der Waals surface area contributed by atoms with Crippen molar-refractivity contribution in [2.45, 2.75) is 0 Å². The number of nitrogens with one attached hydrogen (secondary N) is 1. The van der Waals surface area contributed by atoms with Crippen molar-refractivity contribution in [3.63, 3.8) is 0 Å². The highest BCUT2D eigenvalue weighted by atomic mass is 32.2. The summed E-state index contributed by atoms with van der Waals surface area (Å²) in [5.41, 5.74) is -1.35. The number of benzene rings is 1.